The van der Waals surface area contributed by atoms with E-state index in [1.807, 2.05) is 6.92 Å². The van der Waals surface area contributed by atoms with Crippen molar-refractivity contribution in [2.24, 2.45) is 5.73 Å². The first kappa shape index (κ1) is 9.61. The third kappa shape index (κ3) is 1.53. The van der Waals surface area contributed by atoms with Crippen LogP contribution in [-0.4, -0.2) is 21.9 Å². The second kappa shape index (κ2) is 3.67. The van der Waals surface area contributed by atoms with Gasteiger partial charge in [-0.15, -0.1) is 10.2 Å². The molecule has 78 valence electrons. The predicted molar refractivity (Wildman–Crippen MR) is 51.6 cm³/mol. The fourth-order valence-electron chi connectivity index (χ4n) is 1.59. The van der Waals surface area contributed by atoms with Crippen molar-refractivity contribution >= 4 is 0 Å². The summed E-state index contributed by atoms with van der Waals surface area (Å²) in [6.07, 6.45) is 2.39. The van der Waals surface area contributed by atoms with Gasteiger partial charge >= 0.3 is 0 Å². The second-order valence-corrected chi connectivity index (χ2v) is 3.66. The van der Waals surface area contributed by atoms with Crippen molar-refractivity contribution in [2.75, 3.05) is 7.11 Å². The van der Waals surface area contributed by atoms with Crippen LogP contribution in [0.3, 0.4) is 0 Å². The maximum atomic E-state index is 5.61. The van der Waals surface area contributed by atoms with Crippen molar-refractivity contribution in [1.29, 1.82) is 0 Å². The lowest BCUT2D eigenvalue weighted by Crippen LogP contribution is -2.12. The van der Waals surface area contributed by atoms with Crippen LogP contribution in [0, 0.1) is 0 Å². The number of aromatic nitrogens is 3. The average molecular weight is 196 g/mol. The van der Waals surface area contributed by atoms with E-state index in [-0.39, 0.29) is 6.10 Å². The van der Waals surface area contributed by atoms with Crippen LogP contribution in [0.15, 0.2) is 0 Å². The SMILES string of the molecule is COC(C)c1nnc(CN)n1C1CC1. The second-order valence-electron chi connectivity index (χ2n) is 3.66. The molecular weight excluding hydrogens is 180 g/mol. The maximum Gasteiger partial charge on any atom is 0.162 e. The molecule has 2 N–H and O–H groups in total. The highest BCUT2D eigenvalue weighted by atomic mass is 16.5. The summed E-state index contributed by atoms with van der Waals surface area (Å²) >= 11 is 0. The van der Waals surface area contributed by atoms with Crippen LogP contribution in [-0.2, 0) is 11.3 Å². The van der Waals surface area contributed by atoms with Crippen molar-refractivity contribution in [3.05, 3.63) is 11.6 Å². The van der Waals surface area contributed by atoms with Gasteiger partial charge in [0, 0.05) is 13.2 Å². The Labute approximate surface area is 83.3 Å². The molecule has 1 aliphatic rings. The topological polar surface area (TPSA) is 66.0 Å². The van der Waals surface area contributed by atoms with Crippen LogP contribution < -0.4 is 5.73 Å². The van der Waals surface area contributed by atoms with E-state index in [0.717, 1.165) is 11.6 Å². The van der Waals surface area contributed by atoms with Gasteiger partial charge in [0.1, 0.15) is 11.9 Å². The standard InChI is InChI=1S/C9H16N4O/c1-6(14-2)9-12-11-8(5-10)13(9)7-3-4-7/h6-7H,3-5,10H2,1-2H3. The van der Waals surface area contributed by atoms with Crippen molar-refractivity contribution in [3.8, 4) is 0 Å². The van der Waals surface area contributed by atoms with Crippen molar-refractivity contribution < 1.29 is 4.74 Å². The minimum Gasteiger partial charge on any atom is -0.374 e. The number of nitrogens with two attached hydrogens (primary N) is 1. The molecule has 1 fully saturated rings. The molecule has 1 aliphatic carbocycles. The maximum absolute atomic E-state index is 5.61. The molecule has 0 aliphatic heterocycles. The van der Waals surface area contributed by atoms with Gasteiger partial charge in [0.25, 0.3) is 0 Å². The molecule has 0 radical (unpaired) electrons. The Bertz CT molecular complexity index is 319. The molecule has 1 aromatic rings. The Hall–Kier alpha value is -0.940. The molecule has 1 unspecified atom stereocenters. The minimum absolute atomic E-state index is 0.0107. The summed E-state index contributed by atoms with van der Waals surface area (Å²) in [6.45, 7) is 2.42. The zero-order valence-corrected chi connectivity index (χ0v) is 8.60. The molecule has 5 heteroatoms. The highest BCUT2D eigenvalue weighted by Gasteiger charge is 2.30. The summed E-state index contributed by atoms with van der Waals surface area (Å²) in [5.74, 6) is 1.77. The normalized spacial score (nSPS) is 18.5. The van der Waals surface area contributed by atoms with Gasteiger partial charge in [-0.2, -0.15) is 0 Å². The van der Waals surface area contributed by atoms with E-state index >= 15 is 0 Å². The molecule has 14 heavy (non-hydrogen) atoms. The van der Waals surface area contributed by atoms with Crippen molar-refractivity contribution in [2.45, 2.75) is 38.5 Å². The Morgan fingerprint density at radius 2 is 2.29 bits per heavy atom. The molecular formula is C9H16N4O. The largest absolute Gasteiger partial charge is 0.374 e. The van der Waals surface area contributed by atoms with Crippen LogP contribution in [0.4, 0.5) is 0 Å². The fraction of sp³-hybridized carbons (Fsp3) is 0.778. The van der Waals surface area contributed by atoms with Crippen LogP contribution >= 0.6 is 0 Å². The van der Waals surface area contributed by atoms with E-state index in [1.165, 1.54) is 12.8 Å². The van der Waals surface area contributed by atoms with Gasteiger partial charge in [0.15, 0.2) is 5.82 Å². The molecule has 0 amide bonds. The summed E-state index contributed by atoms with van der Waals surface area (Å²) in [6, 6.07) is 0.552. The van der Waals surface area contributed by atoms with Gasteiger partial charge in [-0.1, -0.05) is 0 Å². The quantitative estimate of drug-likeness (QED) is 0.772. The summed E-state index contributed by atoms with van der Waals surface area (Å²) in [5, 5.41) is 8.20. The Morgan fingerprint density at radius 3 is 2.79 bits per heavy atom. The monoisotopic (exact) mass is 196 g/mol. The predicted octanol–water partition coefficient (Wildman–Crippen LogP) is 0.779. The molecule has 1 saturated carbocycles. The zero-order chi connectivity index (χ0) is 10.1. The lowest BCUT2D eigenvalue weighted by molar-refractivity contribution is 0.108. The van der Waals surface area contributed by atoms with E-state index in [4.69, 9.17) is 10.5 Å². The lowest BCUT2D eigenvalue weighted by atomic mass is 10.3. The van der Waals surface area contributed by atoms with Gasteiger partial charge < -0.3 is 15.0 Å². The van der Waals surface area contributed by atoms with Crippen molar-refractivity contribution in [1.82, 2.24) is 14.8 Å². The minimum atomic E-state index is -0.0107. The molecule has 0 aromatic carbocycles. The van der Waals surface area contributed by atoms with E-state index in [0.29, 0.717) is 12.6 Å². The lowest BCUT2D eigenvalue weighted by Gasteiger charge is -2.12. The van der Waals surface area contributed by atoms with Crippen LogP contribution in [0.25, 0.3) is 0 Å². The van der Waals surface area contributed by atoms with Gasteiger partial charge in [-0.05, 0) is 19.8 Å². The highest BCUT2D eigenvalue weighted by molar-refractivity contribution is 5.04. The van der Waals surface area contributed by atoms with E-state index in [9.17, 15) is 0 Å². The third-order valence-electron chi connectivity index (χ3n) is 2.60. The molecule has 1 heterocycles. The molecule has 1 aromatic heterocycles. The number of methoxy groups -OCH3 is 1. The van der Waals surface area contributed by atoms with E-state index < -0.39 is 0 Å². The summed E-state index contributed by atoms with van der Waals surface area (Å²) in [7, 11) is 1.68. The third-order valence-corrected chi connectivity index (χ3v) is 2.60. The summed E-state index contributed by atoms with van der Waals surface area (Å²) < 4.78 is 7.38. The van der Waals surface area contributed by atoms with Gasteiger partial charge in [0.05, 0.1) is 6.54 Å². The Kier molecular flexibility index (Phi) is 2.52. The summed E-state index contributed by atoms with van der Waals surface area (Å²) in [5.41, 5.74) is 5.61. The van der Waals surface area contributed by atoms with Crippen molar-refractivity contribution in [3.63, 3.8) is 0 Å². The first-order valence-corrected chi connectivity index (χ1v) is 4.94. The van der Waals surface area contributed by atoms with Gasteiger partial charge in [-0.25, -0.2) is 0 Å². The Balaban J connectivity index is 2.33. The zero-order valence-electron chi connectivity index (χ0n) is 8.60. The number of ether oxygens (including phenoxy) is 1. The molecule has 0 spiro atoms. The van der Waals surface area contributed by atoms with E-state index in [1.54, 1.807) is 7.11 Å². The number of hydrogen-bond acceptors (Lipinski definition) is 4. The molecule has 5 nitrogen and oxygen atoms in total. The highest BCUT2D eigenvalue weighted by Crippen LogP contribution is 2.37. The molecule has 2 rings (SSSR count). The van der Waals surface area contributed by atoms with Crippen LogP contribution in [0.2, 0.25) is 0 Å². The van der Waals surface area contributed by atoms with Gasteiger partial charge in [-0.3, -0.25) is 0 Å². The Morgan fingerprint density at radius 1 is 1.57 bits per heavy atom. The average Bonchev–Trinajstić information content (AvgIpc) is 2.96. The number of nitrogens with zero attached hydrogens (tertiary/aromatic N) is 3. The van der Waals surface area contributed by atoms with Gasteiger partial charge in [0.2, 0.25) is 0 Å². The smallest absolute Gasteiger partial charge is 0.162 e. The summed E-state index contributed by atoms with van der Waals surface area (Å²) in [4.78, 5) is 0. The number of hydrogen-bond donors (Lipinski definition) is 1. The molecule has 0 bridgehead atoms. The van der Waals surface area contributed by atoms with Crippen LogP contribution in [0.5, 0.6) is 0 Å². The van der Waals surface area contributed by atoms with E-state index in [2.05, 4.69) is 14.8 Å². The fourth-order valence-corrected chi connectivity index (χ4v) is 1.59. The number of rotatable bonds is 4. The molecule has 0 saturated heterocycles. The molecule has 1 atom stereocenters. The van der Waals surface area contributed by atoms with Crippen LogP contribution in [0.1, 0.15) is 43.6 Å². The first-order chi connectivity index (χ1) is 6.77. The first-order valence-electron chi connectivity index (χ1n) is 4.94.